The van der Waals surface area contributed by atoms with Gasteiger partial charge in [-0.1, -0.05) is 41.5 Å². The first-order valence-corrected chi connectivity index (χ1v) is 12.0. The topological polar surface area (TPSA) is 75.3 Å². The van der Waals surface area contributed by atoms with E-state index in [9.17, 15) is 13.2 Å². The number of nitrogens with one attached hydrogen (secondary N) is 2. The van der Waals surface area contributed by atoms with E-state index in [2.05, 4.69) is 16.1 Å². The van der Waals surface area contributed by atoms with Crippen LogP contribution < -0.4 is 10.0 Å². The van der Waals surface area contributed by atoms with Gasteiger partial charge in [0, 0.05) is 18.7 Å². The second-order valence-electron chi connectivity index (χ2n) is 7.82. The van der Waals surface area contributed by atoms with E-state index in [4.69, 9.17) is 0 Å². The first kappa shape index (κ1) is 22.1. The zero-order chi connectivity index (χ0) is 21.4. The Morgan fingerprint density at radius 3 is 2.37 bits per heavy atom. The highest BCUT2D eigenvalue weighted by atomic mass is 32.2. The van der Waals surface area contributed by atoms with E-state index < -0.39 is 10.0 Å². The van der Waals surface area contributed by atoms with Crippen molar-refractivity contribution in [2.45, 2.75) is 56.8 Å². The molecule has 2 N–H and O–H groups in total. The second kappa shape index (κ2) is 10.4. The Bertz CT molecular complexity index is 978. The molecule has 1 aliphatic carbocycles. The van der Waals surface area contributed by atoms with E-state index in [1.807, 2.05) is 19.1 Å². The smallest absolute Gasteiger partial charge is 0.261 e. The summed E-state index contributed by atoms with van der Waals surface area (Å²) in [6.07, 6.45) is 9.07. The minimum absolute atomic E-state index is 0.0316. The van der Waals surface area contributed by atoms with Crippen molar-refractivity contribution in [1.82, 2.24) is 5.32 Å². The van der Waals surface area contributed by atoms with Gasteiger partial charge in [-0.25, -0.2) is 8.42 Å². The van der Waals surface area contributed by atoms with Crippen LogP contribution in [0.1, 0.15) is 49.7 Å². The number of sulfonamides is 1. The van der Waals surface area contributed by atoms with Gasteiger partial charge >= 0.3 is 0 Å². The monoisotopic (exact) mass is 426 g/mol. The summed E-state index contributed by atoms with van der Waals surface area (Å²) in [6.45, 7) is 2.64. The average molecular weight is 427 g/mol. The van der Waals surface area contributed by atoms with E-state index in [1.54, 1.807) is 36.4 Å². The van der Waals surface area contributed by atoms with Crippen LogP contribution in [0.3, 0.4) is 0 Å². The summed E-state index contributed by atoms with van der Waals surface area (Å²) in [7, 11) is -3.63. The Balaban J connectivity index is 1.46. The third-order valence-electron chi connectivity index (χ3n) is 5.33. The molecule has 2 aromatic carbocycles. The fraction of sp³-hybridized carbons (Fsp3) is 0.375. The van der Waals surface area contributed by atoms with Crippen LogP contribution in [0.25, 0.3) is 0 Å². The third kappa shape index (κ3) is 6.73. The van der Waals surface area contributed by atoms with Crippen molar-refractivity contribution in [2.24, 2.45) is 0 Å². The Labute approximate surface area is 179 Å². The largest absolute Gasteiger partial charge is 0.356 e. The van der Waals surface area contributed by atoms with E-state index in [0.717, 1.165) is 30.4 Å². The maximum absolute atomic E-state index is 12.5. The molecule has 0 heterocycles. The molecule has 3 rings (SSSR count). The predicted octanol–water partition coefficient (Wildman–Crippen LogP) is 4.74. The molecular weight excluding hydrogens is 396 g/mol. The Kier molecular flexibility index (Phi) is 7.69. The highest BCUT2D eigenvalue weighted by Gasteiger charge is 2.14. The number of benzene rings is 2. The molecule has 1 aliphatic rings. The number of allylic oxidation sites excluding steroid dienone is 1. The van der Waals surface area contributed by atoms with E-state index in [-0.39, 0.29) is 10.8 Å². The maximum Gasteiger partial charge on any atom is 0.261 e. The summed E-state index contributed by atoms with van der Waals surface area (Å²) < 4.78 is 27.7. The normalized spacial score (nSPS) is 14.1. The molecule has 0 aliphatic heterocycles. The lowest BCUT2D eigenvalue weighted by Gasteiger charge is -2.13. The molecule has 160 valence electrons. The SMILES string of the molecule is Cc1ccc(NS(=O)(=O)c2ccc(CCC(=O)NCCC3=CCCCC3)cc2)cc1. The van der Waals surface area contributed by atoms with Crippen molar-refractivity contribution in [2.75, 3.05) is 11.3 Å². The number of anilines is 1. The van der Waals surface area contributed by atoms with Gasteiger partial charge in [-0.2, -0.15) is 0 Å². The van der Waals surface area contributed by atoms with Gasteiger partial charge in [0.2, 0.25) is 5.91 Å². The standard InChI is InChI=1S/C24H30N2O3S/c1-19-7-12-22(13-8-19)26-30(28,29)23-14-9-21(10-15-23)11-16-24(27)25-18-17-20-5-3-2-4-6-20/h5,7-10,12-15,26H,2-4,6,11,16-18H2,1H3,(H,25,27). The van der Waals surface area contributed by atoms with Crippen LogP contribution in [0.15, 0.2) is 65.1 Å². The maximum atomic E-state index is 12.5. The first-order chi connectivity index (χ1) is 14.4. The minimum atomic E-state index is -3.63. The zero-order valence-electron chi connectivity index (χ0n) is 17.5. The van der Waals surface area contributed by atoms with Gasteiger partial charge in [-0.3, -0.25) is 9.52 Å². The Morgan fingerprint density at radius 2 is 1.70 bits per heavy atom. The number of carbonyl (C=O) groups excluding carboxylic acids is 1. The van der Waals surface area contributed by atoms with Crippen LogP contribution in [0.2, 0.25) is 0 Å². The summed E-state index contributed by atoms with van der Waals surface area (Å²) in [6, 6.07) is 13.9. The van der Waals surface area contributed by atoms with Crippen molar-refractivity contribution in [3.8, 4) is 0 Å². The van der Waals surface area contributed by atoms with E-state index >= 15 is 0 Å². The number of aryl methyl sites for hydroxylation is 2. The number of rotatable bonds is 9. The van der Waals surface area contributed by atoms with Crippen LogP contribution in [0.5, 0.6) is 0 Å². The van der Waals surface area contributed by atoms with Crippen molar-refractivity contribution >= 4 is 21.6 Å². The van der Waals surface area contributed by atoms with Gasteiger partial charge in [0.15, 0.2) is 0 Å². The van der Waals surface area contributed by atoms with Gasteiger partial charge in [0.05, 0.1) is 4.90 Å². The van der Waals surface area contributed by atoms with Crippen molar-refractivity contribution in [3.05, 3.63) is 71.3 Å². The van der Waals surface area contributed by atoms with Crippen molar-refractivity contribution in [1.29, 1.82) is 0 Å². The highest BCUT2D eigenvalue weighted by molar-refractivity contribution is 7.92. The van der Waals surface area contributed by atoms with Crippen LogP contribution in [-0.2, 0) is 21.2 Å². The summed E-state index contributed by atoms with van der Waals surface area (Å²) in [4.78, 5) is 12.3. The highest BCUT2D eigenvalue weighted by Crippen LogP contribution is 2.20. The minimum Gasteiger partial charge on any atom is -0.356 e. The number of hydrogen-bond acceptors (Lipinski definition) is 3. The molecule has 0 fully saturated rings. The Morgan fingerprint density at radius 1 is 0.967 bits per heavy atom. The van der Waals surface area contributed by atoms with Crippen LogP contribution in [-0.4, -0.2) is 20.9 Å². The molecule has 0 radical (unpaired) electrons. The number of amides is 1. The molecule has 0 bridgehead atoms. The molecule has 0 saturated heterocycles. The van der Waals surface area contributed by atoms with Crippen LogP contribution >= 0.6 is 0 Å². The zero-order valence-corrected chi connectivity index (χ0v) is 18.3. The third-order valence-corrected chi connectivity index (χ3v) is 6.73. The molecule has 2 aromatic rings. The van der Waals surface area contributed by atoms with E-state index in [1.165, 1.54) is 18.4 Å². The van der Waals surface area contributed by atoms with E-state index in [0.29, 0.717) is 25.1 Å². The van der Waals surface area contributed by atoms with Crippen LogP contribution in [0, 0.1) is 6.92 Å². The van der Waals surface area contributed by atoms with Gasteiger partial charge in [-0.05, 0) is 75.3 Å². The molecule has 0 unspecified atom stereocenters. The average Bonchev–Trinajstić information content (AvgIpc) is 2.75. The fourth-order valence-corrected chi connectivity index (χ4v) is 4.57. The fourth-order valence-electron chi connectivity index (χ4n) is 3.51. The van der Waals surface area contributed by atoms with Crippen molar-refractivity contribution in [3.63, 3.8) is 0 Å². The number of hydrogen-bond donors (Lipinski definition) is 2. The molecule has 0 atom stereocenters. The van der Waals surface area contributed by atoms with Crippen molar-refractivity contribution < 1.29 is 13.2 Å². The summed E-state index contributed by atoms with van der Waals surface area (Å²) in [5.74, 6) is 0.0316. The van der Waals surface area contributed by atoms with Gasteiger partial charge in [0.25, 0.3) is 10.0 Å². The first-order valence-electron chi connectivity index (χ1n) is 10.6. The Hall–Kier alpha value is -2.60. The lowest BCUT2D eigenvalue weighted by Crippen LogP contribution is -2.25. The molecular formula is C24H30N2O3S. The summed E-state index contributed by atoms with van der Waals surface area (Å²) >= 11 is 0. The molecule has 0 saturated carbocycles. The van der Waals surface area contributed by atoms with Crippen LogP contribution in [0.4, 0.5) is 5.69 Å². The summed E-state index contributed by atoms with van der Waals surface area (Å²) in [5, 5.41) is 2.98. The summed E-state index contributed by atoms with van der Waals surface area (Å²) in [5.41, 5.74) is 4.00. The molecule has 0 aromatic heterocycles. The molecule has 30 heavy (non-hydrogen) atoms. The second-order valence-corrected chi connectivity index (χ2v) is 9.51. The van der Waals surface area contributed by atoms with Gasteiger partial charge in [0.1, 0.15) is 0 Å². The number of carbonyl (C=O) groups is 1. The molecule has 5 nitrogen and oxygen atoms in total. The lowest BCUT2D eigenvalue weighted by atomic mass is 9.97. The molecule has 0 spiro atoms. The lowest BCUT2D eigenvalue weighted by molar-refractivity contribution is -0.121. The molecule has 6 heteroatoms. The van der Waals surface area contributed by atoms with Gasteiger partial charge < -0.3 is 5.32 Å². The molecule has 1 amide bonds. The van der Waals surface area contributed by atoms with Gasteiger partial charge in [-0.15, -0.1) is 0 Å². The quantitative estimate of drug-likeness (QED) is 0.569. The predicted molar refractivity (Wildman–Crippen MR) is 121 cm³/mol.